The van der Waals surface area contributed by atoms with E-state index in [1.54, 1.807) is 0 Å². The molecular formula is C18H29ClN4. The van der Waals surface area contributed by atoms with Crippen LogP contribution in [0.15, 0.2) is 29.3 Å². The van der Waals surface area contributed by atoms with Gasteiger partial charge in [-0.05, 0) is 50.8 Å². The molecule has 0 atom stereocenters. The molecule has 1 heterocycles. The van der Waals surface area contributed by atoms with Crippen molar-refractivity contribution in [3.05, 3.63) is 34.9 Å². The molecule has 1 aromatic rings. The van der Waals surface area contributed by atoms with E-state index in [1.165, 1.54) is 18.4 Å². The van der Waals surface area contributed by atoms with Gasteiger partial charge in [-0.25, -0.2) is 0 Å². The standard InChI is InChI=1S/C18H29ClN4/c1-14(2)23-11-8-17(9-12-23)22-18(20-3)21-10-7-15-5-4-6-16(19)13-15/h4-6,13-14,17H,7-12H2,1-3H3,(H2,20,21,22). The number of benzene rings is 1. The Labute approximate surface area is 145 Å². The number of likely N-dealkylation sites (tertiary alicyclic amines) is 1. The Morgan fingerprint density at radius 1 is 1.35 bits per heavy atom. The lowest BCUT2D eigenvalue weighted by Crippen LogP contribution is -2.50. The highest BCUT2D eigenvalue weighted by molar-refractivity contribution is 6.30. The lowest BCUT2D eigenvalue weighted by Gasteiger charge is -2.35. The van der Waals surface area contributed by atoms with Crippen LogP contribution < -0.4 is 10.6 Å². The van der Waals surface area contributed by atoms with E-state index in [-0.39, 0.29) is 0 Å². The van der Waals surface area contributed by atoms with E-state index in [1.807, 2.05) is 25.2 Å². The van der Waals surface area contributed by atoms with Gasteiger partial charge < -0.3 is 15.5 Å². The summed E-state index contributed by atoms with van der Waals surface area (Å²) in [5, 5.41) is 7.74. The Morgan fingerprint density at radius 3 is 2.70 bits per heavy atom. The van der Waals surface area contributed by atoms with Crippen LogP contribution in [-0.2, 0) is 6.42 Å². The fourth-order valence-corrected chi connectivity index (χ4v) is 3.18. The number of guanidine groups is 1. The third kappa shape index (κ3) is 6.04. The molecule has 0 saturated carbocycles. The van der Waals surface area contributed by atoms with Crippen LogP contribution in [0.25, 0.3) is 0 Å². The van der Waals surface area contributed by atoms with Gasteiger partial charge in [0.2, 0.25) is 0 Å². The first-order chi connectivity index (χ1) is 11.1. The molecule has 1 aliphatic heterocycles. The Bertz CT molecular complexity index is 507. The summed E-state index contributed by atoms with van der Waals surface area (Å²) in [4.78, 5) is 6.88. The normalized spacial score (nSPS) is 17.5. The van der Waals surface area contributed by atoms with Crippen LogP contribution in [0.3, 0.4) is 0 Å². The fraction of sp³-hybridized carbons (Fsp3) is 0.611. The molecule has 4 nitrogen and oxygen atoms in total. The number of nitrogens with one attached hydrogen (secondary N) is 2. The van der Waals surface area contributed by atoms with Crippen LogP contribution in [0, 0.1) is 0 Å². The number of aliphatic imine (C=N–C) groups is 1. The fourth-order valence-electron chi connectivity index (χ4n) is 2.97. The van der Waals surface area contributed by atoms with Gasteiger partial charge in [0.05, 0.1) is 0 Å². The number of rotatable bonds is 5. The van der Waals surface area contributed by atoms with Gasteiger partial charge in [0.15, 0.2) is 5.96 Å². The molecule has 1 aliphatic rings. The number of nitrogens with zero attached hydrogens (tertiary/aromatic N) is 2. The minimum Gasteiger partial charge on any atom is -0.356 e. The van der Waals surface area contributed by atoms with E-state index in [4.69, 9.17) is 11.6 Å². The van der Waals surface area contributed by atoms with Gasteiger partial charge in [-0.1, -0.05) is 23.7 Å². The van der Waals surface area contributed by atoms with E-state index in [9.17, 15) is 0 Å². The van der Waals surface area contributed by atoms with Crippen molar-refractivity contribution in [2.75, 3.05) is 26.7 Å². The molecule has 5 heteroatoms. The molecule has 1 saturated heterocycles. The summed E-state index contributed by atoms with van der Waals surface area (Å²) in [5.74, 6) is 0.898. The van der Waals surface area contributed by atoms with Gasteiger partial charge in [0.25, 0.3) is 0 Å². The van der Waals surface area contributed by atoms with Crippen molar-refractivity contribution in [3.8, 4) is 0 Å². The van der Waals surface area contributed by atoms with Crippen molar-refractivity contribution in [1.29, 1.82) is 0 Å². The Morgan fingerprint density at radius 2 is 2.09 bits per heavy atom. The molecule has 0 unspecified atom stereocenters. The molecule has 0 radical (unpaired) electrons. The first kappa shape index (κ1) is 18.1. The Kier molecular flexibility index (Phi) is 7.18. The van der Waals surface area contributed by atoms with Gasteiger partial charge in [0, 0.05) is 43.8 Å². The summed E-state index contributed by atoms with van der Waals surface area (Å²) in [5.41, 5.74) is 1.24. The SMILES string of the molecule is CN=C(NCCc1cccc(Cl)c1)NC1CCN(C(C)C)CC1. The van der Waals surface area contributed by atoms with Crippen molar-refractivity contribution in [1.82, 2.24) is 15.5 Å². The lowest BCUT2D eigenvalue weighted by atomic mass is 10.0. The molecule has 0 spiro atoms. The number of hydrogen-bond acceptors (Lipinski definition) is 2. The summed E-state index contributed by atoms with van der Waals surface area (Å²) in [6.07, 6.45) is 3.29. The summed E-state index contributed by atoms with van der Waals surface area (Å²) < 4.78 is 0. The molecule has 0 aliphatic carbocycles. The van der Waals surface area contributed by atoms with E-state index < -0.39 is 0 Å². The average Bonchev–Trinajstić information content (AvgIpc) is 2.54. The van der Waals surface area contributed by atoms with E-state index >= 15 is 0 Å². The third-order valence-electron chi connectivity index (χ3n) is 4.42. The Balaban J connectivity index is 1.72. The second-order valence-corrected chi connectivity index (χ2v) is 6.86. The highest BCUT2D eigenvalue weighted by Gasteiger charge is 2.21. The van der Waals surface area contributed by atoms with Crippen LogP contribution in [0.2, 0.25) is 5.02 Å². The predicted octanol–water partition coefficient (Wildman–Crippen LogP) is 2.92. The van der Waals surface area contributed by atoms with Crippen molar-refractivity contribution in [3.63, 3.8) is 0 Å². The van der Waals surface area contributed by atoms with Crippen molar-refractivity contribution in [2.45, 2.75) is 45.2 Å². The second-order valence-electron chi connectivity index (χ2n) is 6.43. The topological polar surface area (TPSA) is 39.7 Å². The smallest absolute Gasteiger partial charge is 0.191 e. The maximum Gasteiger partial charge on any atom is 0.191 e. The predicted molar refractivity (Wildman–Crippen MR) is 99.4 cm³/mol. The second kappa shape index (κ2) is 9.14. The highest BCUT2D eigenvalue weighted by Crippen LogP contribution is 2.13. The van der Waals surface area contributed by atoms with Gasteiger partial charge in [-0.15, -0.1) is 0 Å². The third-order valence-corrected chi connectivity index (χ3v) is 4.65. The minimum atomic E-state index is 0.516. The lowest BCUT2D eigenvalue weighted by molar-refractivity contribution is 0.167. The van der Waals surface area contributed by atoms with Crippen LogP contribution >= 0.6 is 11.6 Å². The maximum absolute atomic E-state index is 6.02. The molecule has 1 fully saturated rings. The molecule has 0 aromatic heterocycles. The number of hydrogen-bond donors (Lipinski definition) is 2. The summed E-state index contributed by atoms with van der Waals surface area (Å²) >= 11 is 6.02. The van der Waals surface area contributed by atoms with Crippen LogP contribution in [0.4, 0.5) is 0 Å². The van der Waals surface area contributed by atoms with Crippen LogP contribution in [-0.4, -0.2) is 49.6 Å². The monoisotopic (exact) mass is 336 g/mol. The minimum absolute atomic E-state index is 0.516. The van der Waals surface area contributed by atoms with Crippen molar-refractivity contribution < 1.29 is 0 Å². The highest BCUT2D eigenvalue weighted by atomic mass is 35.5. The van der Waals surface area contributed by atoms with Gasteiger partial charge in [-0.2, -0.15) is 0 Å². The zero-order valence-electron chi connectivity index (χ0n) is 14.5. The maximum atomic E-state index is 6.02. The molecule has 1 aromatic carbocycles. The van der Waals surface area contributed by atoms with Crippen LogP contribution in [0.5, 0.6) is 0 Å². The van der Waals surface area contributed by atoms with Crippen molar-refractivity contribution >= 4 is 17.6 Å². The number of halogens is 1. The van der Waals surface area contributed by atoms with E-state index in [2.05, 4.69) is 40.4 Å². The molecule has 2 N–H and O–H groups in total. The zero-order chi connectivity index (χ0) is 16.7. The molecule has 2 rings (SSSR count). The first-order valence-electron chi connectivity index (χ1n) is 8.54. The molecule has 0 amide bonds. The van der Waals surface area contributed by atoms with Gasteiger partial charge in [0.1, 0.15) is 0 Å². The molecular weight excluding hydrogens is 308 g/mol. The van der Waals surface area contributed by atoms with Crippen LogP contribution in [0.1, 0.15) is 32.3 Å². The Hall–Kier alpha value is -1.26. The summed E-state index contributed by atoms with van der Waals surface area (Å²) in [6, 6.07) is 9.18. The molecule has 0 bridgehead atoms. The summed E-state index contributed by atoms with van der Waals surface area (Å²) in [6.45, 7) is 7.71. The summed E-state index contributed by atoms with van der Waals surface area (Å²) in [7, 11) is 1.83. The number of piperidine rings is 1. The van der Waals surface area contributed by atoms with E-state index in [0.717, 1.165) is 37.0 Å². The first-order valence-corrected chi connectivity index (χ1v) is 8.92. The quantitative estimate of drug-likeness (QED) is 0.641. The average molecular weight is 337 g/mol. The van der Waals surface area contributed by atoms with Gasteiger partial charge >= 0.3 is 0 Å². The van der Waals surface area contributed by atoms with E-state index in [0.29, 0.717) is 12.1 Å². The molecule has 128 valence electrons. The van der Waals surface area contributed by atoms with Gasteiger partial charge in [-0.3, -0.25) is 4.99 Å². The molecule has 23 heavy (non-hydrogen) atoms. The zero-order valence-corrected chi connectivity index (χ0v) is 15.2. The van der Waals surface area contributed by atoms with Crippen molar-refractivity contribution in [2.24, 2.45) is 4.99 Å². The largest absolute Gasteiger partial charge is 0.356 e.